The Balaban J connectivity index is 1.76. The summed E-state index contributed by atoms with van der Waals surface area (Å²) in [7, 11) is -3.27. The summed E-state index contributed by atoms with van der Waals surface area (Å²) >= 11 is 0. The molecule has 2 rings (SSSR count). The summed E-state index contributed by atoms with van der Waals surface area (Å²) < 4.78 is 35.0. The zero-order valence-electron chi connectivity index (χ0n) is 13.5. The molecule has 0 fully saturated rings. The quantitative estimate of drug-likeness (QED) is 0.736. The number of aromatic nitrogens is 2. The number of nitrogens with zero attached hydrogens (tertiary/aromatic N) is 2. The lowest BCUT2D eigenvalue weighted by molar-refractivity contribution is 0.306. The smallest absolute Gasteiger partial charge is 0.241 e. The number of ether oxygens (including phenoxy) is 1. The molecule has 1 aromatic carbocycles. The SMILES string of the molecule is Cc1cccc(OCCCc2noc(CNS(C)(=O)=O)n2)c1C. The van der Waals surface area contributed by atoms with Gasteiger partial charge in [0.05, 0.1) is 19.4 Å². The fourth-order valence-corrected chi connectivity index (χ4v) is 2.33. The zero-order valence-corrected chi connectivity index (χ0v) is 14.3. The Morgan fingerprint density at radius 2 is 2.09 bits per heavy atom. The van der Waals surface area contributed by atoms with Crippen LogP contribution in [0.25, 0.3) is 0 Å². The Morgan fingerprint density at radius 3 is 2.83 bits per heavy atom. The minimum atomic E-state index is -3.27. The number of aryl methyl sites for hydroxylation is 2. The third-order valence-corrected chi connectivity index (χ3v) is 4.02. The van der Waals surface area contributed by atoms with Crippen LogP contribution < -0.4 is 9.46 Å². The molecule has 0 spiro atoms. The van der Waals surface area contributed by atoms with Gasteiger partial charge in [0.25, 0.3) is 0 Å². The van der Waals surface area contributed by atoms with Gasteiger partial charge in [-0.05, 0) is 37.5 Å². The Bertz CT molecular complexity index is 756. The average molecular weight is 339 g/mol. The summed E-state index contributed by atoms with van der Waals surface area (Å²) in [5, 5.41) is 3.82. The average Bonchev–Trinajstić information content (AvgIpc) is 2.93. The Morgan fingerprint density at radius 1 is 1.30 bits per heavy atom. The van der Waals surface area contributed by atoms with Gasteiger partial charge in [-0.3, -0.25) is 0 Å². The highest BCUT2D eigenvalue weighted by molar-refractivity contribution is 7.88. The molecule has 0 radical (unpaired) electrons. The van der Waals surface area contributed by atoms with Gasteiger partial charge in [-0.25, -0.2) is 13.1 Å². The molecule has 0 aliphatic carbocycles. The second-order valence-corrected chi connectivity index (χ2v) is 7.18. The van der Waals surface area contributed by atoms with Crippen LogP contribution in [0, 0.1) is 13.8 Å². The highest BCUT2D eigenvalue weighted by Gasteiger charge is 2.09. The van der Waals surface area contributed by atoms with Crippen molar-refractivity contribution in [3.05, 3.63) is 41.0 Å². The fourth-order valence-electron chi connectivity index (χ4n) is 1.95. The normalized spacial score (nSPS) is 11.6. The summed E-state index contributed by atoms with van der Waals surface area (Å²) in [5.74, 6) is 1.68. The maximum Gasteiger partial charge on any atom is 0.241 e. The van der Waals surface area contributed by atoms with E-state index in [1.165, 1.54) is 5.56 Å². The maximum atomic E-state index is 11.0. The van der Waals surface area contributed by atoms with Crippen LogP contribution in [0.4, 0.5) is 0 Å². The number of sulfonamides is 1. The number of nitrogens with one attached hydrogen (secondary N) is 1. The van der Waals surface area contributed by atoms with Crippen molar-refractivity contribution >= 4 is 10.0 Å². The van der Waals surface area contributed by atoms with E-state index in [2.05, 4.69) is 14.9 Å². The van der Waals surface area contributed by atoms with Crippen LogP contribution in [0.5, 0.6) is 5.75 Å². The van der Waals surface area contributed by atoms with Gasteiger partial charge < -0.3 is 9.26 Å². The molecule has 2 aromatic rings. The van der Waals surface area contributed by atoms with Gasteiger partial charge in [-0.15, -0.1) is 0 Å². The van der Waals surface area contributed by atoms with Gasteiger partial charge in [0.2, 0.25) is 15.9 Å². The van der Waals surface area contributed by atoms with Crippen molar-refractivity contribution in [2.75, 3.05) is 12.9 Å². The largest absolute Gasteiger partial charge is 0.493 e. The lowest BCUT2D eigenvalue weighted by Gasteiger charge is -2.10. The third-order valence-electron chi connectivity index (χ3n) is 3.35. The van der Waals surface area contributed by atoms with Crippen molar-refractivity contribution < 1.29 is 17.7 Å². The molecule has 0 bridgehead atoms. The number of benzene rings is 1. The third kappa shape index (κ3) is 5.65. The van der Waals surface area contributed by atoms with E-state index in [-0.39, 0.29) is 12.4 Å². The fraction of sp³-hybridized carbons (Fsp3) is 0.467. The number of hydrogen-bond acceptors (Lipinski definition) is 6. The Labute approximate surface area is 136 Å². The van der Waals surface area contributed by atoms with Gasteiger partial charge in [0, 0.05) is 6.42 Å². The van der Waals surface area contributed by atoms with E-state index in [1.54, 1.807) is 0 Å². The predicted octanol–water partition coefficient (Wildman–Crippen LogP) is 1.75. The van der Waals surface area contributed by atoms with E-state index < -0.39 is 10.0 Å². The van der Waals surface area contributed by atoms with Crippen molar-refractivity contribution in [1.29, 1.82) is 0 Å². The minimum Gasteiger partial charge on any atom is -0.493 e. The van der Waals surface area contributed by atoms with E-state index in [4.69, 9.17) is 9.26 Å². The summed E-state index contributed by atoms with van der Waals surface area (Å²) in [5.41, 5.74) is 2.34. The van der Waals surface area contributed by atoms with Crippen LogP contribution >= 0.6 is 0 Å². The molecule has 8 heteroatoms. The zero-order chi connectivity index (χ0) is 16.9. The summed E-state index contributed by atoms with van der Waals surface area (Å²) in [6, 6.07) is 5.97. The molecule has 0 saturated carbocycles. The molecule has 0 aliphatic rings. The number of hydrogen-bond donors (Lipinski definition) is 1. The first-order valence-electron chi connectivity index (χ1n) is 7.30. The van der Waals surface area contributed by atoms with E-state index in [9.17, 15) is 8.42 Å². The van der Waals surface area contributed by atoms with E-state index >= 15 is 0 Å². The van der Waals surface area contributed by atoms with Crippen LogP contribution in [0.2, 0.25) is 0 Å². The molecule has 0 amide bonds. The summed E-state index contributed by atoms with van der Waals surface area (Å²) in [6.07, 6.45) is 2.42. The van der Waals surface area contributed by atoms with E-state index in [0.717, 1.165) is 24.0 Å². The van der Waals surface area contributed by atoms with Gasteiger partial charge >= 0.3 is 0 Å². The highest BCUT2D eigenvalue weighted by Crippen LogP contribution is 2.20. The molecule has 1 heterocycles. The molecule has 0 saturated heterocycles. The standard InChI is InChI=1S/C15H21N3O4S/c1-11-6-4-7-13(12(11)2)21-9-5-8-14-17-15(22-18-14)10-16-23(3,19)20/h4,6-7,16H,5,8-10H2,1-3H3. The lowest BCUT2D eigenvalue weighted by atomic mass is 10.1. The maximum absolute atomic E-state index is 11.0. The van der Waals surface area contributed by atoms with Crippen molar-refractivity contribution in [2.45, 2.75) is 33.2 Å². The van der Waals surface area contributed by atoms with Crippen LogP contribution in [0.3, 0.4) is 0 Å². The number of rotatable bonds is 8. The van der Waals surface area contributed by atoms with Crippen molar-refractivity contribution in [1.82, 2.24) is 14.9 Å². The second-order valence-electron chi connectivity index (χ2n) is 5.35. The van der Waals surface area contributed by atoms with Gasteiger partial charge in [0.15, 0.2) is 5.82 Å². The van der Waals surface area contributed by atoms with Crippen LogP contribution in [-0.4, -0.2) is 31.4 Å². The Hall–Kier alpha value is -1.93. The second kappa shape index (κ2) is 7.56. The molecular formula is C15H21N3O4S. The molecule has 0 aliphatic heterocycles. The molecule has 1 aromatic heterocycles. The summed E-state index contributed by atoms with van der Waals surface area (Å²) in [6.45, 7) is 4.64. The first-order chi connectivity index (χ1) is 10.8. The molecule has 23 heavy (non-hydrogen) atoms. The van der Waals surface area contributed by atoms with Gasteiger partial charge in [-0.2, -0.15) is 4.98 Å². The van der Waals surface area contributed by atoms with Crippen molar-refractivity contribution in [3.8, 4) is 5.75 Å². The topological polar surface area (TPSA) is 94.3 Å². The molecule has 0 unspecified atom stereocenters. The van der Waals surface area contributed by atoms with E-state index in [1.807, 2.05) is 32.0 Å². The van der Waals surface area contributed by atoms with Crippen LogP contribution in [0.15, 0.2) is 22.7 Å². The monoisotopic (exact) mass is 339 g/mol. The van der Waals surface area contributed by atoms with Gasteiger partial charge in [0.1, 0.15) is 5.75 Å². The highest BCUT2D eigenvalue weighted by atomic mass is 32.2. The molecule has 7 nitrogen and oxygen atoms in total. The predicted molar refractivity (Wildman–Crippen MR) is 85.7 cm³/mol. The molecular weight excluding hydrogens is 318 g/mol. The minimum absolute atomic E-state index is 0.00478. The van der Waals surface area contributed by atoms with Crippen LogP contribution in [-0.2, 0) is 23.0 Å². The van der Waals surface area contributed by atoms with Crippen molar-refractivity contribution in [3.63, 3.8) is 0 Å². The Kier molecular flexibility index (Phi) is 5.73. The first kappa shape index (κ1) is 17.4. The van der Waals surface area contributed by atoms with Crippen LogP contribution in [0.1, 0.15) is 29.3 Å². The lowest BCUT2D eigenvalue weighted by Crippen LogP contribution is -2.21. The first-order valence-corrected chi connectivity index (χ1v) is 9.19. The van der Waals surface area contributed by atoms with Gasteiger partial charge in [-0.1, -0.05) is 17.3 Å². The summed E-state index contributed by atoms with van der Waals surface area (Å²) in [4.78, 5) is 4.13. The van der Waals surface area contributed by atoms with E-state index in [0.29, 0.717) is 18.9 Å². The molecule has 1 N–H and O–H groups in total. The van der Waals surface area contributed by atoms with Crippen molar-refractivity contribution in [2.24, 2.45) is 0 Å². The molecule has 126 valence electrons. The molecule has 0 atom stereocenters.